The van der Waals surface area contributed by atoms with E-state index in [1.165, 1.54) is 6.20 Å². The van der Waals surface area contributed by atoms with Crippen LogP contribution in [0, 0.1) is 11.3 Å². The molecule has 4 atom stereocenters. The van der Waals surface area contributed by atoms with Crippen molar-refractivity contribution in [3.05, 3.63) is 77.9 Å². The van der Waals surface area contributed by atoms with Gasteiger partial charge in [-0.15, -0.1) is 5.10 Å². The van der Waals surface area contributed by atoms with Crippen LogP contribution in [0.5, 0.6) is 5.75 Å². The smallest absolute Gasteiger partial charge is 0.243 e. The van der Waals surface area contributed by atoms with Crippen LogP contribution in [-0.4, -0.2) is 146 Å². The van der Waals surface area contributed by atoms with E-state index in [1.807, 2.05) is 52.0 Å². The average molecular weight is 869 g/mol. The minimum Gasteiger partial charge on any atom is -0.485 e. The van der Waals surface area contributed by atoms with Crippen LogP contribution in [0.2, 0.25) is 0 Å². The third-order valence-corrected chi connectivity index (χ3v) is 12.4. The van der Waals surface area contributed by atoms with Crippen molar-refractivity contribution in [2.45, 2.75) is 70.2 Å². The molecule has 2 aromatic heterocycles. The Hall–Kier alpha value is -5.92. The third-order valence-electron chi connectivity index (χ3n) is 11.0. The molecule has 2 amide bonds. The summed E-state index contributed by atoms with van der Waals surface area (Å²) in [6, 6.07) is 16.9. The molecule has 2 fully saturated rings. The number of allylic oxidation sites excluding steroid dienone is 1. The van der Waals surface area contributed by atoms with Gasteiger partial charge in [0.2, 0.25) is 23.9 Å². The molecule has 2 saturated heterocycles. The second-order valence-electron chi connectivity index (χ2n) is 16.3. The first-order chi connectivity index (χ1) is 29.8. The Morgan fingerprint density at radius 1 is 1.11 bits per heavy atom. The highest BCUT2D eigenvalue weighted by molar-refractivity contribution is 7.82. The van der Waals surface area contributed by atoms with Crippen molar-refractivity contribution in [3.8, 4) is 5.75 Å². The van der Waals surface area contributed by atoms with Crippen LogP contribution in [0.4, 0.5) is 11.6 Å². The van der Waals surface area contributed by atoms with Crippen molar-refractivity contribution in [2.75, 3.05) is 70.6 Å². The minimum atomic E-state index is -1.31. The normalized spacial score (nSPS) is 19.6. The largest absolute Gasteiger partial charge is 0.485 e. The van der Waals surface area contributed by atoms with Gasteiger partial charge in [0.25, 0.3) is 0 Å². The predicted octanol–water partition coefficient (Wildman–Crippen LogP) is 3.23. The second kappa shape index (κ2) is 20.8. The lowest BCUT2D eigenvalue weighted by molar-refractivity contribution is -0.125. The summed E-state index contributed by atoms with van der Waals surface area (Å²) in [6.45, 7) is 13.3. The highest BCUT2D eigenvalue weighted by Crippen LogP contribution is 2.30. The molecule has 0 aliphatic carbocycles. The molecule has 4 heterocycles. The van der Waals surface area contributed by atoms with Crippen molar-refractivity contribution < 1.29 is 18.5 Å². The number of ether oxygens (including phenoxy) is 1. The summed E-state index contributed by atoms with van der Waals surface area (Å²) in [7, 11) is 4.29. The van der Waals surface area contributed by atoms with Crippen molar-refractivity contribution >= 4 is 58.2 Å². The fourth-order valence-corrected chi connectivity index (χ4v) is 9.25. The summed E-state index contributed by atoms with van der Waals surface area (Å²) >= 11 is 0. The van der Waals surface area contributed by atoms with Crippen LogP contribution in [0.1, 0.15) is 57.4 Å². The van der Waals surface area contributed by atoms with Crippen molar-refractivity contribution in [2.24, 2.45) is 16.8 Å². The Morgan fingerprint density at radius 2 is 1.89 bits per heavy atom. The lowest BCUT2D eigenvalue weighted by Gasteiger charge is -2.41. The summed E-state index contributed by atoms with van der Waals surface area (Å²) < 4.78 is 23.7. The molecule has 332 valence electrons. The van der Waals surface area contributed by atoms with E-state index in [2.05, 4.69) is 90.2 Å². The predicted molar refractivity (Wildman–Crippen MR) is 243 cm³/mol. The zero-order valence-electron chi connectivity index (χ0n) is 36.7. The van der Waals surface area contributed by atoms with Gasteiger partial charge in [-0.25, -0.2) is 13.5 Å². The van der Waals surface area contributed by atoms with E-state index in [0.717, 1.165) is 66.4 Å². The zero-order valence-corrected chi connectivity index (χ0v) is 37.5. The number of piperazine rings is 1. The number of nitrogens with two attached hydrogens (primary N) is 1. The van der Waals surface area contributed by atoms with Gasteiger partial charge in [0.05, 0.1) is 11.0 Å². The molecular weight excluding hydrogens is 809 g/mol. The van der Waals surface area contributed by atoms with Crippen molar-refractivity contribution in [3.63, 3.8) is 0 Å². The minimum absolute atomic E-state index is 0.0613. The van der Waals surface area contributed by atoms with Gasteiger partial charge < -0.3 is 36.0 Å². The van der Waals surface area contributed by atoms with Gasteiger partial charge >= 0.3 is 0 Å². The molecule has 19 heteroatoms. The highest BCUT2D eigenvalue weighted by Gasteiger charge is 2.31. The number of fused-ring (bicyclic) bond motifs is 1. The van der Waals surface area contributed by atoms with Crippen LogP contribution in [0.3, 0.4) is 0 Å². The number of carbonyl (C=O) groups excluding carboxylic acids is 2. The third kappa shape index (κ3) is 11.1. The number of carbonyl (C=O) groups is 2. The maximum atomic E-state index is 14.0. The van der Waals surface area contributed by atoms with E-state index in [4.69, 9.17) is 20.9 Å². The van der Waals surface area contributed by atoms with E-state index >= 15 is 0 Å². The highest BCUT2D eigenvalue weighted by atomic mass is 32.2. The number of hydrogen-bond acceptors (Lipinski definition) is 14. The molecule has 4 aromatic rings. The Labute approximate surface area is 366 Å². The second-order valence-corrected chi connectivity index (χ2v) is 17.8. The maximum absolute atomic E-state index is 14.0. The number of piperidine rings is 1. The van der Waals surface area contributed by atoms with E-state index in [9.17, 15) is 13.8 Å². The fraction of sp³-hybridized carbons (Fsp3) is 0.465. The van der Waals surface area contributed by atoms with E-state index < -0.39 is 11.0 Å². The number of nitrogens with one attached hydrogen (secondary N) is 3. The molecule has 6 rings (SSSR count). The number of hydrogen-bond donors (Lipinski definition) is 4. The molecule has 4 unspecified atom stereocenters. The van der Waals surface area contributed by atoms with Gasteiger partial charge in [-0.1, -0.05) is 19.1 Å². The first-order valence-corrected chi connectivity index (χ1v) is 22.1. The van der Waals surface area contributed by atoms with Gasteiger partial charge in [-0.2, -0.15) is 14.6 Å². The van der Waals surface area contributed by atoms with Crippen LogP contribution >= 0.6 is 0 Å². The number of rotatable bonds is 17. The molecule has 0 radical (unpaired) electrons. The quantitative estimate of drug-likeness (QED) is 0.0522. The Morgan fingerprint density at radius 3 is 2.55 bits per heavy atom. The molecule has 18 nitrogen and oxygen atoms in total. The Bertz CT molecular complexity index is 2280. The number of aromatic nitrogens is 4. The molecule has 2 aliphatic heterocycles. The van der Waals surface area contributed by atoms with E-state index in [0.29, 0.717) is 54.7 Å². The van der Waals surface area contributed by atoms with Gasteiger partial charge in [-0.3, -0.25) is 19.8 Å². The lowest BCUT2D eigenvalue weighted by Crippen LogP contribution is -2.51. The average Bonchev–Trinajstić information content (AvgIpc) is 3.67. The SMILES string of the molecule is CC(C)Oc1c(/C(C=N)=C/N)ncn2nc(NC3CCN(S(=O)c4cccc(CN5CCN(c6ccc(/C(=N\N(C)C)N(C)CCC(=O)NC=O)cc6)C(C)C5)c4)CC3C)nc12. The van der Waals surface area contributed by atoms with E-state index in [-0.39, 0.29) is 36.4 Å². The summed E-state index contributed by atoms with van der Waals surface area (Å²) in [4.78, 5) is 39.3. The molecule has 2 aromatic carbocycles. The van der Waals surface area contributed by atoms with Gasteiger partial charge in [0, 0.05) is 115 Å². The maximum Gasteiger partial charge on any atom is 0.243 e. The first-order valence-electron chi connectivity index (χ1n) is 20.9. The van der Waals surface area contributed by atoms with Gasteiger partial charge in [0.1, 0.15) is 23.0 Å². The Kier molecular flexibility index (Phi) is 15.3. The topological polar surface area (TPSA) is 206 Å². The number of benzene rings is 2. The number of nitrogens with zero attached hydrogens (tertiary/aromatic N) is 10. The summed E-state index contributed by atoms with van der Waals surface area (Å²) in [6.07, 6.45) is 5.17. The van der Waals surface area contributed by atoms with Crippen LogP contribution in [0.25, 0.3) is 11.2 Å². The molecule has 2 aliphatic rings. The standard InChI is InChI=1S/C43H60N14O4S/c1-29(2)61-40-39(34(22-44)23-45)46-27-57-42(40)49-43(51-57)48-37-15-18-55(24-30(37)3)62(60)36-10-8-9-32(21-36)26-54-19-20-56(31(4)25-54)35-13-11-33(12-14-35)41(50-52(5)6)53(7)17-16-38(59)47-28-58/h8-14,21-23,27-31,37,44H,15-20,24-26,45H2,1-7H3,(H,48,51)(H,47,58,59)/b34-23+,44-22?,50-41+. The molecule has 62 heavy (non-hydrogen) atoms. The van der Waals surface area contributed by atoms with E-state index in [1.54, 1.807) is 15.9 Å². The summed E-state index contributed by atoms with van der Waals surface area (Å²) in [5.41, 5.74) is 10.3. The number of imide groups is 1. The molecule has 0 bridgehead atoms. The van der Waals surface area contributed by atoms with Crippen molar-refractivity contribution in [1.82, 2.24) is 44.0 Å². The van der Waals surface area contributed by atoms with Gasteiger partial charge in [-0.05, 0) is 75.1 Å². The summed E-state index contributed by atoms with van der Waals surface area (Å²) in [5.74, 6) is 1.41. The lowest BCUT2D eigenvalue weighted by atomic mass is 9.95. The fourth-order valence-electron chi connectivity index (χ4n) is 7.86. The Balaban J connectivity index is 1.03. The van der Waals surface area contributed by atoms with Crippen LogP contribution in [0.15, 0.2) is 71.1 Å². The van der Waals surface area contributed by atoms with Crippen molar-refractivity contribution in [1.29, 1.82) is 5.41 Å². The number of amidine groups is 1. The molecular formula is C43H60N14O4S. The van der Waals surface area contributed by atoms with Gasteiger partial charge in [0.15, 0.2) is 11.6 Å². The first kappa shape index (κ1) is 45.6. The van der Waals surface area contributed by atoms with Crippen LogP contribution in [-0.2, 0) is 27.1 Å². The number of amides is 2. The van der Waals surface area contributed by atoms with Crippen LogP contribution < -0.4 is 26.0 Å². The molecule has 0 spiro atoms. The number of anilines is 2. The summed E-state index contributed by atoms with van der Waals surface area (Å²) in [5, 5.41) is 24.5. The monoisotopic (exact) mass is 868 g/mol. The zero-order chi connectivity index (χ0) is 44.5. The number of hydrazone groups is 1. The molecule has 0 saturated carbocycles. The molecule has 5 N–H and O–H groups in total.